The van der Waals surface area contributed by atoms with E-state index in [1.165, 1.54) is 6.07 Å². The number of rotatable bonds is 2. The molecule has 0 unspecified atom stereocenters. The number of hydrogen-bond acceptors (Lipinski definition) is 2. The Morgan fingerprint density at radius 3 is 2.72 bits per heavy atom. The molecule has 1 aromatic carbocycles. The number of ketones is 1. The SMILES string of the molecule is O=C1C(=O)N(CC(Cl)=CCl)c2cc(F)c(Br)cc21. The van der Waals surface area contributed by atoms with Crippen LogP contribution in [0.15, 0.2) is 27.2 Å². The molecule has 0 aromatic heterocycles. The first-order chi connectivity index (χ1) is 8.45. The Morgan fingerprint density at radius 2 is 2.11 bits per heavy atom. The maximum Gasteiger partial charge on any atom is 0.299 e. The maximum atomic E-state index is 13.5. The predicted octanol–water partition coefficient (Wildman–Crippen LogP) is 3.44. The Kier molecular flexibility index (Phi) is 3.75. The molecule has 18 heavy (non-hydrogen) atoms. The molecule has 0 aliphatic carbocycles. The Hall–Kier alpha value is -0.910. The van der Waals surface area contributed by atoms with Gasteiger partial charge < -0.3 is 0 Å². The number of halogens is 4. The molecule has 94 valence electrons. The van der Waals surface area contributed by atoms with Gasteiger partial charge in [0.25, 0.3) is 11.7 Å². The number of benzene rings is 1. The average Bonchev–Trinajstić information content (AvgIpc) is 2.56. The molecule has 2 rings (SSSR count). The predicted molar refractivity (Wildman–Crippen MR) is 70.6 cm³/mol. The minimum absolute atomic E-state index is 0.0658. The smallest absolute Gasteiger partial charge is 0.299 e. The van der Waals surface area contributed by atoms with Crippen molar-refractivity contribution in [3.05, 3.63) is 38.6 Å². The fourth-order valence-corrected chi connectivity index (χ4v) is 2.16. The van der Waals surface area contributed by atoms with Crippen molar-refractivity contribution in [1.82, 2.24) is 0 Å². The molecule has 0 saturated heterocycles. The van der Waals surface area contributed by atoms with Crippen molar-refractivity contribution in [2.75, 3.05) is 11.4 Å². The van der Waals surface area contributed by atoms with E-state index >= 15 is 0 Å². The molecule has 3 nitrogen and oxygen atoms in total. The lowest BCUT2D eigenvalue weighted by Gasteiger charge is -2.15. The second-order valence-electron chi connectivity index (χ2n) is 3.56. The molecular formula is C11H5BrCl2FNO2. The number of Topliss-reactive ketones (excluding diaryl/α,β-unsaturated/α-hetero) is 1. The van der Waals surface area contributed by atoms with Gasteiger partial charge in [0, 0.05) is 10.6 Å². The Labute approximate surface area is 120 Å². The van der Waals surface area contributed by atoms with Crippen LogP contribution in [0, 0.1) is 5.82 Å². The summed E-state index contributed by atoms with van der Waals surface area (Å²) < 4.78 is 13.6. The molecule has 0 atom stereocenters. The summed E-state index contributed by atoms with van der Waals surface area (Å²) in [6.45, 7) is -0.0658. The molecule has 1 heterocycles. The van der Waals surface area contributed by atoms with Crippen LogP contribution < -0.4 is 4.90 Å². The van der Waals surface area contributed by atoms with Gasteiger partial charge in [-0.05, 0) is 28.1 Å². The van der Waals surface area contributed by atoms with E-state index < -0.39 is 17.5 Å². The van der Waals surface area contributed by atoms with Gasteiger partial charge in [0.15, 0.2) is 0 Å². The van der Waals surface area contributed by atoms with Gasteiger partial charge in [0.05, 0.1) is 22.3 Å². The van der Waals surface area contributed by atoms with E-state index in [-0.39, 0.29) is 27.3 Å². The quantitative estimate of drug-likeness (QED) is 0.764. The van der Waals surface area contributed by atoms with Gasteiger partial charge in [-0.15, -0.1) is 0 Å². The number of carbonyl (C=O) groups is 2. The lowest BCUT2D eigenvalue weighted by atomic mass is 10.1. The van der Waals surface area contributed by atoms with E-state index in [0.29, 0.717) is 0 Å². The second-order valence-corrected chi connectivity index (χ2v) is 5.12. The minimum atomic E-state index is -0.751. The molecule has 0 spiro atoms. The third kappa shape index (κ3) is 2.18. The first kappa shape index (κ1) is 13.5. The number of anilines is 1. The van der Waals surface area contributed by atoms with Crippen LogP contribution in [0.3, 0.4) is 0 Å². The summed E-state index contributed by atoms with van der Waals surface area (Å²) in [6.07, 6.45) is 0. The third-order valence-electron chi connectivity index (χ3n) is 2.44. The number of carbonyl (C=O) groups excluding carboxylic acids is 2. The normalized spacial score (nSPS) is 15.3. The standard InChI is InChI=1S/C11H5BrCl2FNO2/c12-7-1-6-9(2-8(7)15)16(4-5(14)3-13)11(18)10(6)17/h1-3H,4H2. The molecule has 0 fully saturated rings. The summed E-state index contributed by atoms with van der Waals surface area (Å²) in [4.78, 5) is 24.5. The summed E-state index contributed by atoms with van der Waals surface area (Å²) >= 11 is 14.1. The summed E-state index contributed by atoms with van der Waals surface area (Å²) in [6, 6.07) is 2.39. The number of amides is 1. The molecule has 7 heteroatoms. The van der Waals surface area contributed by atoms with Crippen molar-refractivity contribution in [2.24, 2.45) is 0 Å². The van der Waals surface area contributed by atoms with Crippen LogP contribution >= 0.6 is 39.1 Å². The molecule has 0 N–H and O–H groups in total. The molecule has 0 radical (unpaired) electrons. The van der Waals surface area contributed by atoms with Crippen LogP contribution in [-0.4, -0.2) is 18.2 Å². The van der Waals surface area contributed by atoms with E-state index in [2.05, 4.69) is 15.9 Å². The number of fused-ring (bicyclic) bond motifs is 1. The Morgan fingerprint density at radius 1 is 1.44 bits per heavy atom. The van der Waals surface area contributed by atoms with E-state index in [4.69, 9.17) is 23.2 Å². The van der Waals surface area contributed by atoms with E-state index in [1.807, 2.05) is 0 Å². The van der Waals surface area contributed by atoms with Crippen LogP contribution in [0.5, 0.6) is 0 Å². The van der Waals surface area contributed by atoms with Crippen LogP contribution in [-0.2, 0) is 4.79 Å². The number of hydrogen-bond donors (Lipinski definition) is 0. The Balaban J connectivity index is 2.51. The van der Waals surface area contributed by atoms with Gasteiger partial charge in [-0.2, -0.15) is 0 Å². The average molecular weight is 353 g/mol. The summed E-state index contributed by atoms with van der Waals surface area (Å²) in [7, 11) is 0. The monoisotopic (exact) mass is 351 g/mol. The van der Waals surface area contributed by atoms with Crippen LogP contribution in [0.2, 0.25) is 0 Å². The van der Waals surface area contributed by atoms with Crippen molar-refractivity contribution >= 4 is 56.5 Å². The summed E-state index contributed by atoms with van der Waals surface area (Å²) in [5.74, 6) is -2.00. The fraction of sp³-hybridized carbons (Fsp3) is 0.0909. The van der Waals surface area contributed by atoms with Crippen molar-refractivity contribution in [2.45, 2.75) is 0 Å². The van der Waals surface area contributed by atoms with Gasteiger partial charge in [0.1, 0.15) is 5.82 Å². The highest BCUT2D eigenvalue weighted by atomic mass is 79.9. The first-order valence-corrected chi connectivity index (χ1v) is 6.36. The van der Waals surface area contributed by atoms with Gasteiger partial charge in [-0.25, -0.2) is 4.39 Å². The van der Waals surface area contributed by atoms with Crippen molar-refractivity contribution in [3.63, 3.8) is 0 Å². The van der Waals surface area contributed by atoms with Crippen molar-refractivity contribution in [3.8, 4) is 0 Å². The molecular weight excluding hydrogens is 348 g/mol. The largest absolute Gasteiger partial charge is 0.299 e. The van der Waals surface area contributed by atoms with Gasteiger partial charge in [0.2, 0.25) is 0 Å². The van der Waals surface area contributed by atoms with Crippen molar-refractivity contribution in [1.29, 1.82) is 0 Å². The van der Waals surface area contributed by atoms with Gasteiger partial charge in [-0.1, -0.05) is 23.2 Å². The molecule has 1 aliphatic rings. The second kappa shape index (κ2) is 4.99. The first-order valence-electron chi connectivity index (χ1n) is 4.75. The van der Waals surface area contributed by atoms with Gasteiger partial charge in [-0.3, -0.25) is 14.5 Å². The molecule has 0 bridgehead atoms. The van der Waals surface area contributed by atoms with E-state index in [0.717, 1.165) is 16.5 Å². The van der Waals surface area contributed by atoms with E-state index in [9.17, 15) is 14.0 Å². The topological polar surface area (TPSA) is 37.4 Å². The highest BCUT2D eigenvalue weighted by molar-refractivity contribution is 9.10. The minimum Gasteiger partial charge on any atom is -0.299 e. The highest BCUT2D eigenvalue weighted by Crippen LogP contribution is 2.34. The molecule has 1 aliphatic heterocycles. The van der Waals surface area contributed by atoms with Crippen molar-refractivity contribution < 1.29 is 14.0 Å². The highest BCUT2D eigenvalue weighted by Gasteiger charge is 2.36. The lowest BCUT2D eigenvalue weighted by molar-refractivity contribution is -0.114. The zero-order valence-corrected chi connectivity index (χ0v) is 11.8. The van der Waals surface area contributed by atoms with Crippen LogP contribution in [0.1, 0.15) is 10.4 Å². The van der Waals surface area contributed by atoms with Crippen LogP contribution in [0.4, 0.5) is 10.1 Å². The summed E-state index contributed by atoms with van der Waals surface area (Å²) in [5, 5.41) is 0.175. The fourth-order valence-electron chi connectivity index (χ4n) is 1.63. The molecule has 1 amide bonds. The molecule has 0 saturated carbocycles. The van der Waals surface area contributed by atoms with Crippen LogP contribution in [0.25, 0.3) is 0 Å². The third-order valence-corrected chi connectivity index (χ3v) is 3.65. The van der Waals surface area contributed by atoms with Gasteiger partial charge >= 0.3 is 0 Å². The lowest BCUT2D eigenvalue weighted by Crippen LogP contribution is -2.30. The maximum absolute atomic E-state index is 13.5. The zero-order chi connectivity index (χ0) is 13.4. The summed E-state index contributed by atoms with van der Waals surface area (Å²) in [5.41, 5.74) is 1.43. The number of nitrogens with zero attached hydrogens (tertiary/aromatic N) is 1. The zero-order valence-electron chi connectivity index (χ0n) is 8.71. The Bertz CT molecular complexity index is 589. The van der Waals surface area contributed by atoms with E-state index in [1.54, 1.807) is 0 Å². The molecule has 1 aromatic rings.